The number of aromatic nitrogens is 2. The van der Waals surface area contributed by atoms with Gasteiger partial charge in [-0.15, -0.1) is 0 Å². The number of ether oxygens (including phenoxy) is 1. The minimum Gasteiger partial charge on any atom is -0.379 e. The van der Waals surface area contributed by atoms with Gasteiger partial charge in [0, 0.05) is 44.5 Å². The van der Waals surface area contributed by atoms with Gasteiger partial charge in [0.15, 0.2) is 5.96 Å². The minimum absolute atomic E-state index is 0.0304. The molecule has 0 bridgehead atoms. The van der Waals surface area contributed by atoms with Crippen LogP contribution in [0.2, 0.25) is 0 Å². The highest BCUT2D eigenvalue weighted by Crippen LogP contribution is 2.16. The van der Waals surface area contributed by atoms with Crippen LogP contribution in [-0.4, -0.2) is 72.1 Å². The van der Waals surface area contributed by atoms with E-state index in [-0.39, 0.29) is 5.54 Å². The Kier molecular flexibility index (Phi) is 7.46. The third-order valence-electron chi connectivity index (χ3n) is 5.16. The van der Waals surface area contributed by atoms with Crippen molar-refractivity contribution < 1.29 is 4.74 Å². The molecule has 1 aliphatic heterocycles. The number of nitrogens with one attached hydrogen (secondary N) is 2. The first-order chi connectivity index (χ1) is 12.3. The molecule has 2 heterocycles. The number of aryl methyl sites for hydroxylation is 2. The van der Waals surface area contributed by atoms with Crippen molar-refractivity contribution in [1.82, 2.24) is 25.3 Å². The highest BCUT2D eigenvalue weighted by molar-refractivity contribution is 5.79. The molecule has 0 saturated carbocycles. The Hall–Kier alpha value is -1.60. The van der Waals surface area contributed by atoms with E-state index >= 15 is 0 Å². The fourth-order valence-electron chi connectivity index (χ4n) is 3.37. The zero-order chi connectivity index (χ0) is 19.2. The van der Waals surface area contributed by atoms with Crippen LogP contribution in [0.3, 0.4) is 0 Å². The highest BCUT2D eigenvalue weighted by atomic mass is 16.5. The fourth-order valence-corrected chi connectivity index (χ4v) is 3.37. The first kappa shape index (κ1) is 20.7. The minimum atomic E-state index is 0.0304. The van der Waals surface area contributed by atoms with Gasteiger partial charge in [0.2, 0.25) is 0 Å². The smallest absolute Gasteiger partial charge is 0.191 e. The van der Waals surface area contributed by atoms with E-state index in [2.05, 4.69) is 55.3 Å². The molecule has 0 atom stereocenters. The Labute approximate surface area is 158 Å². The first-order valence-electron chi connectivity index (χ1n) is 9.69. The second-order valence-corrected chi connectivity index (χ2v) is 7.56. The van der Waals surface area contributed by atoms with Gasteiger partial charge >= 0.3 is 0 Å². The van der Waals surface area contributed by atoms with Gasteiger partial charge in [0.05, 0.1) is 25.5 Å². The molecule has 7 nitrogen and oxygen atoms in total. The molecule has 26 heavy (non-hydrogen) atoms. The monoisotopic (exact) mass is 364 g/mol. The lowest BCUT2D eigenvalue weighted by Gasteiger charge is -2.39. The van der Waals surface area contributed by atoms with E-state index in [0.717, 1.165) is 64.0 Å². The zero-order valence-electron chi connectivity index (χ0n) is 17.4. The lowest BCUT2D eigenvalue weighted by atomic mass is 10.0. The Morgan fingerprint density at radius 1 is 1.23 bits per heavy atom. The average Bonchev–Trinajstić information content (AvgIpc) is 2.86. The van der Waals surface area contributed by atoms with Crippen molar-refractivity contribution in [1.29, 1.82) is 0 Å². The van der Waals surface area contributed by atoms with Crippen LogP contribution in [0, 0.1) is 13.8 Å². The summed E-state index contributed by atoms with van der Waals surface area (Å²) < 4.78 is 7.42. The van der Waals surface area contributed by atoms with Gasteiger partial charge in [-0.3, -0.25) is 14.6 Å². The molecule has 148 valence electrons. The summed E-state index contributed by atoms with van der Waals surface area (Å²) in [7, 11) is 2.00. The fraction of sp³-hybridized carbons (Fsp3) is 0.789. The molecule has 0 unspecified atom stereocenters. The second kappa shape index (κ2) is 9.37. The van der Waals surface area contributed by atoms with E-state index in [0.29, 0.717) is 0 Å². The molecule has 1 aromatic heterocycles. The Balaban J connectivity index is 1.91. The number of nitrogens with zero attached hydrogens (tertiary/aromatic N) is 4. The topological polar surface area (TPSA) is 66.7 Å². The lowest BCUT2D eigenvalue weighted by molar-refractivity contribution is -0.00683. The molecule has 2 N–H and O–H groups in total. The molecule has 7 heteroatoms. The van der Waals surface area contributed by atoms with Crippen molar-refractivity contribution in [3.05, 3.63) is 17.0 Å². The molecule has 1 aromatic rings. The predicted octanol–water partition coefficient (Wildman–Crippen LogP) is 1.25. The molecule has 0 spiro atoms. The van der Waals surface area contributed by atoms with E-state index in [4.69, 9.17) is 9.73 Å². The molecular weight excluding hydrogens is 328 g/mol. The van der Waals surface area contributed by atoms with Gasteiger partial charge in [-0.2, -0.15) is 5.10 Å². The van der Waals surface area contributed by atoms with Crippen molar-refractivity contribution >= 4 is 5.96 Å². The predicted molar refractivity (Wildman–Crippen MR) is 107 cm³/mol. The van der Waals surface area contributed by atoms with Gasteiger partial charge < -0.3 is 15.4 Å². The summed E-state index contributed by atoms with van der Waals surface area (Å²) >= 11 is 0. The van der Waals surface area contributed by atoms with Gasteiger partial charge in [-0.05, 0) is 46.6 Å². The van der Waals surface area contributed by atoms with Crippen LogP contribution in [0.5, 0.6) is 0 Å². The summed E-state index contributed by atoms with van der Waals surface area (Å²) in [6, 6.07) is 0. The van der Waals surface area contributed by atoms with Crippen LogP contribution in [0.1, 0.15) is 37.7 Å². The van der Waals surface area contributed by atoms with Crippen LogP contribution in [0.25, 0.3) is 0 Å². The van der Waals surface area contributed by atoms with Gasteiger partial charge in [0.1, 0.15) is 0 Å². The van der Waals surface area contributed by atoms with Gasteiger partial charge in [-0.25, -0.2) is 0 Å². The van der Waals surface area contributed by atoms with Crippen LogP contribution < -0.4 is 10.6 Å². The summed E-state index contributed by atoms with van der Waals surface area (Å²) in [5.74, 6) is 0.882. The summed E-state index contributed by atoms with van der Waals surface area (Å²) in [5.41, 5.74) is 3.70. The molecule has 2 rings (SSSR count). The number of hydrogen-bond donors (Lipinski definition) is 2. The highest BCUT2D eigenvalue weighted by Gasteiger charge is 2.28. The SMILES string of the molecule is CCNC(=NCC(C)(C)N1CCOCC1)NCCc1c(C)nn(C)c1C. The molecule has 0 aliphatic carbocycles. The van der Waals surface area contributed by atoms with Crippen molar-refractivity contribution in [3.63, 3.8) is 0 Å². The number of morpholine rings is 1. The molecule has 1 saturated heterocycles. The maximum Gasteiger partial charge on any atom is 0.191 e. The van der Waals surface area contributed by atoms with Gasteiger partial charge in [-0.1, -0.05) is 0 Å². The van der Waals surface area contributed by atoms with Crippen molar-refractivity contribution in [2.24, 2.45) is 12.0 Å². The van der Waals surface area contributed by atoms with Crippen LogP contribution in [0.15, 0.2) is 4.99 Å². The maximum atomic E-state index is 5.47. The van der Waals surface area contributed by atoms with Gasteiger partial charge in [0.25, 0.3) is 0 Å². The number of aliphatic imine (C=N–C) groups is 1. The van der Waals surface area contributed by atoms with Crippen LogP contribution in [-0.2, 0) is 18.2 Å². The van der Waals surface area contributed by atoms with Crippen molar-refractivity contribution in [3.8, 4) is 0 Å². The normalized spacial score (nSPS) is 16.8. The third-order valence-corrected chi connectivity index (χ3v) is 5.16. The van der Waals surface area contributed by atoms with Crippen molar-refractivity contribution in [2.75, 3.05) is 45.9 Å². The summed E-state index contributed by atoms with van der Waals surface area (Å²) in [4.78, 5) is 7.30. The van der Waals surface area contributed by atoms with E-state index in [1.54, 1.807) is 0 Å². The molecular formula is C19H36N6O. The molecule has 0 radical (unpaired) electrons. The molecule has 1 aliphatic rings. The van der Waals surface area contributed by atoms with Crippen LogP contribution >= 0.6 is 0 Å². The largest absolute Gasteiger partial charge is 0.379 e. The Morgan fingerprint density at radius 2 is 1.92 bits per heavy atom. The number of guanidine groups is 1. The van der Waals surface area contributed by atoms with Crippen molar-refractivity contribution in [2.45, 2.75) is 46.6 Å². The number of hydrogen-bond acceptors (Lipinski definition) is 4. The Morgan fingerprint density at radius 3 is 2.50 bits per heavy atom. The Bertz CT molecular complexity index is 601. The summed E-state index contributed by atoms with van der Waals surface area (Å²) in [5, 5.41) is 11.3. The van der Waals surface area contributed by atoms with E-state index in [1.165, 1.54) is 11.3 Å². The van der Waals surface area contributed by atoms with Crippen LogP contribution in [0.4, 0.5) is 0 Å². The second-order valence-electron chi connectivity index (χ2n) is 7.56. The zero-order valence-corrected chi connectivity index (χ0v) is 17.4. The molecule has 0 aromatic carbocycles. The standard InChI is InChI=1S/C19H36N6O/c1-7-20-18(21-9-8-17-15(2)23-24(6)16(17)3)22-14-19(4,5)25-10-12-26-13-11-25/h7-14H2,1-6H3,(H2,20,21,22). The molecule has 1 fully saturated rings. The van der Waals surface area contributed by atoms with E-state index in [1.807, 2.05) is 11.7 Å². The van der Waals surface area contributed by atoms with E-state index in [9.17, 15) is 0 Å². The summed E-state index contributed by atoms with van der Waals surface area (Å²) in [6.07, 6.45) is 0.947. The lowest BCUT2D eigenvalue weighted by Crippen LogP contribution is -2.52. The average molecular weight is 365 g/mol. The first-order valence-corrected chi connectivity index (χ1v) is 9.69. The number of rotatable bonds is 7. The van der Waals surface area contributed by atoms with E-state index < -0.39 is 0 Å². The summed E-state index contributed by atoms with van der Waals surface area (Å²) in [6.45, 7) is 16.9. The molecule has 0 amide bonds. The third kappa shape index (κ3) is 5.45. The maximum absolute atomic E-state index is 5.47. The quantitative estimate of drug-likeness (QED) is 0.563.